The third kappa shape index (κ3) is 1.89. The Morgan fingerprint density at radius 1 is 1.38 bits per heavy atom. The zero-order chi connectivity index (χ0) is 11.9. The first-order valence-corrected chi connectivity index (χ1v) is 5.39. The van der Waals surface area contributed by atoms with E-state index in [4.69, 9.17) is 0 Å². The van der Waals surface area contributed by atoms with Crippen LogP contribution in [-0.4, -0.2) is 11.2 Å². The van der Waals surface area contributed by atoms with Crippen molar-refractivity contribution < 1.29 is 18.0 Å². The summed E-state index contributed by atoms with van der Waals surface area (Å²) >= 11 is 0.652. The Morgan fingerprint density at radius 3 is 2.69 bits per heavy atom. The van der Waals surface area contributed by atoms with Gasteiger partial charge in [0.2, 0.25) is 5.12 Å². The fraction of sp³-hybridized carbons (Fsp3) is 0.300. The zero-order valence-electron chi connectivity index (χ0n) is 8.26. The molecule has 1 atom stereocenters. The molecule has 86 valence electrons. The lowest BCUT2D eigenvalue weighted by molar-refractivity contribution is -0.139. The SMILES string of the molecule is CC1Nc2cccc(C(F)(F)F)c2SC1=O. The molecule has 1 heterocycles. The zero-order valence-corrected chi connectivity index (χ0v) is 9.08. The quantitative estimate of drug-likeness (QED) is 0.763. The van der Waals surface area contributed by atoms with Crippen LogP contribution < -0.4 is 5.32 Å². The third-order valence-corrected chi connectivity index (χ3v) is 3.45. The van der Waals surface area contributed by atoms with Gasteiger partial charge in [0.25, 0.3) is 0 Å². The second-order valence-corrected chi connectivity index (χ2v) is 4.48. The molecule has 1 aromatic carbocycles. The largest absolute Gasteiger partial charge is 0.417 e. The average Bonchev–Trinajstić information content (AvgIpc) is 2.17. The van der Waals surface area contributed by atoms with Crippen molar-refractivity contribution in [2.24, 2.45) is 0 Å². The molecule has 0 spiro atoms. The van der Waals surface area contributed by atoms with Crippen LogP contribution in [0.4, 0.5) is 18.9 Å². The number of halogens is 3. The predicted molar refractivity (Wildman–Crippen MR) is 55.4 cm³/mol. The Balaban J connectivity index is 2.53. The van der Waals surface area contributed by atoms with Crippen LogP contribution >= 0.6 is 11.8 Å². The van der Waals surface area contributed by atoms with Crippen LogP contribution in [0.2, 0.25) is 0 Å². The van der Waals surface area contributed by atoms with Gasteiger partial charge in [0.1, 0.15) is 0 Å². The van der Waals surface area contributed by atoms with Crippen LogP contribution in [0, 0.1) is 0 Å². The van der Waals surface area contributed by atoms with Crippen LogP contribution in [0.5, 0.6) is 0 Å². The maximum Gasteiger partial charge on any atom is 0.417 e. The highest BCUT2D eigenvalue weighted by molar-refractivity contribution is 8.14. The molecule has 0 bridgehead atoms. The summed E-state index contributed by atoms with van der Waals surface area (Å²) in [5.74, 6) is 0. The predicted octanol–water partition coefficient (Wildman–Crippen LogP) is 3.14. The fourth-order valence-corrected chi connectivity index (χ4v) is 2.43. The monoisotopic (exact) mass is 247 g/mol. The molecule has 0 saturated heterocycles. The van der Waals surface area contributed by atoms with Gasteiger partial charge in [-0.05, 0) is 30.8 Å². The lowest BCUT2D eigenvalue weighted by atomic mass is 10.1. The van der Waals surface area contributed by atoms with Crippen molar-refractivity contribution in [2.75, 3.05) is 5.32 Å². The van der Waals surface area contributed by atoms with Crippen molar-refractivity contribution in [3.8, 4) is 0 Å². The number of rotatable bonds is 0. The summed E-state index contributed by atoms with van der Waals surface area (Å²) < 4.78 is 37.9. The highest BCUT2D eigenvalue weighted by atomic mass is 32.2. The summed E-state index contributed by atoms with van der Waals surface area (Å²) in [6.07, 6.45) is -4.43. The number of hydrogen-bond donors (Lipinski definition) is 1. The molecule has 16 heavy (non-hydrogen) atoms. The van der Waals surface area contributed by atoms with E-state index < -0.39 is 17.8 Å². The Labute approximate surface area is 94.2 Å². The molecule has 0 aliphatic carbocycles. The number of hydrogen-bond acceptors (Lipinski definition) is 3. The maximum absolute atomic E-state index is 12.6. The van der Waals surface area contributed by atoms with Crippen molar-refractivity contribution >= 4 is 22.6 Å². The minimum atomic E-state index is -4.43. The molecule has 0 saturated carbocycles. The number of carbonyl (C=O) groups is 1. The van der Waals surface area contributed by atoms with Gasteiger partial charge in [-0.3, -0.25) is 4.79 Å². The van der Waals surface area contributed by atoms with Crippen LogP contribution in [-0.2, 0) is 11.0 Å². The van der Waals surface area contributed by atoms with Crippen molar-refractivity contribution in [2.45, 2.75) is 24.0 Å². The summed E-state index contributed by atoms with van der Waals surface area (Å²) in [6, 6.07) is 3.40. The topological polar surface area (TPSA) is 29.1 Å². The van der Waals surface area contributed by atoms with Gasteiger partial charge in [-0.25, -0.2) is 0 Å². The summed E-state index contributed by atoms with van der Waals surface area (Å²) in [5.41, 5.74) is -0.394. The maximum atomic E-state index is 12.6. The Morgan fingerprint density at radius 2 is 2.06 bits per heavy atom. The normalized spacial score (nSPS) is 20.2. The molecule has 1 aliphatic heterocycles. The average molecular weight is 247 g/mol. The number of thioether (sulfide) groups is 1. The van der Waals surface area contributed by atoms with E-state index in [1.54, 1.807) is 13.0 Å². The molecule has 0 radical (unpaired) electrons. The first kappa shape index (κ1) is 11.3. The van der Waals surface area contributed by atoms with E-state index in [0.29, 0.717) is 17.4 Å². The lowest BCUT2D eigenvalue weighted by Gasteiger charge is -2.24. The van der Waals surface area contributed by atoms with Gasteiger partial charge in [-0.2, -0.15) is 13.2 Å². The van der Waals surface area contributed by atoms with Gasteiger partial charge in [0, 0.05) is 5.69 Å². The Bertz CT molecular complexity index is 444. The van der Waals surface area contributed by atoms with E-state index >= 15 is 0 Å². The highest BCUT2D eigenvalue weighted by Gasteiger charge is 2.37. The lowest BCUT2D eigenvalue weighted by Crippen LogP contribution is -2.28. The van der Waals surface area contributed by atoms with Crippen molar-refractivity contribution in [1.82, 2.24) is 0 Å². The summed E-state index contributed by atoms with van der Waals surface area (Å²) in [6.45, 7) is 1.62. The second-order valence-electron chi connectivity index (χ2n) is 3.47. The molecule has 0 fully saturated rings. The standard InChI is InChI=1S/C10H8F3NOS/c1-5-9(15)16-8-6(10(11,12)13)3-2-4-7(8)14-5/h2-5,14H,1H3. The smallest absolute Gasteiger partial charge is 0.374 e. The number of benzene rings is 1. The Hall–Kier alpha value is -1.17. The van der Waals surface area contributed by atoms with Gasteiger partial charge in [0.15, 0.2) is 0 Å². The molecule has 6 heteroatoms. The minimum absolute atomic E-state index is 0.0295. The molecular weight excluding hydrogens is 239 g/mol. The molecule has 1 aliphatic rings. The van der Waals surface area contributed by atoms with Crippen LogP contribution in [0.1, 0.15) is 12.5 Å². The van der Waals surface area contributed by atoms with E-state index in [0.717, 1.165) is 6.07 Å². The first-order valence-electron chi connectivity index (χ1n) is 4.58. The molecular formula is C10H8F3NOS. The van der Waals surface area contributed by atoms with Gasteiger partial charge in [-0.15, -0.1) is 0 Å². The highest BCUT2D eigenvalue weighted by Crippen LogP contribution is 2.43. The number of nitrogens with one attached hydrogen (secondary N) is 1. The molecule has 2 nitrogen and oxygen atoms in total. The van der Waals surface area contributed by atoms with Gasteiger partial charge in [0.05, 0.1) is 16.5 Å². The first-order chi connectivity index (χ1) is 7.39. The van der Waals surface area contributed by atoms with Crippen LogP contribution in [0.25, 0.3) is 0 Å². The van der Waals surface area contributed by atoms with Gasteiger partial charge < -0.3 is 5.32 Å². The van der Waals surface area contributed by atoms with E-state index in [-0.39, 0.29) is 10.0 Å². The van der Waals surface area contributed by atoms with Crippen molar-refractivity contribution in [3.05, 3.63) is 23.8 Å². The molecule has 1 N–H and O–H groups in total. The second kappa shape index (κ2) is 3.69. The number of alkyl halides is 3. The van der Waals surface area contributed by atoms with E-state index in [1.165, 1.54) is 6.07 Å². The minimum Gasteiger partial charge on any atom is -0.374 e. The van der Waals surface area contributed by atoms with Crippen LogP contribution in [0.15, 0.2) is 23.1 Å². The van der Waals surface area contributed by atoms with Crippen LogP contribution in [0.3, 0.4) is 0 Å². The molecule has 2 rings (SSSR count). The number of fused-ring (bicyclic) bond motifs is 1. The molecule has 0 amide bonds. The van der Waals surface area contributed by atoms with E-state index in [9.17, 15) is 18.0 Å². The van der Waals surface area contributed by atoms with Gasteiger partial charge in [-0.1, -0.05) is 6.07 Å². The molecule has 1 unspecified atom stereocenters. The van der Waals surface area contributed by atoms with Gasteiger partial charge >= 0.3 is 6.18 Å². The van der Waals surface area contributed by atoms with E-state index in [1.807, 2.05) is 0 Å². The fourth-order valence-electron chi connectivity index (χ4n) is 1.47. The summed E-state index contributed by atoms with van der Waals surface area (Å²) in [5, 5.41) is 2.45. The van der Waals surface area contributed by atoms with Crippen molar-refractivity contribution in [3.63, 3.8) is 0 Å². The Kier molecular flexibility index (Phi) is 2.61. The third-order valence-electron chi connectivity index (χ3n) is 2.25. The molecule has 0 aromatic heterocycles. The van der Waals surface area contributed by atoms with E-state index in [2.05, 4.69) is 5.32 Å². The summed E-state index contributed by atoms with van der Waals surface area (Å²) in [4.78, 5) is 11.3. The number of carbonyl (C=O) groups excluding carboxylic acids is 1. The number of anilines is 1. The van der Waals surface area contributed by atoms with Crippen molar-refractivity contribution in [1.29, 1.82) is 0 Å². The summed E-state index contributed by atoms with van der Waals surface area (Å²) in [7, 11) is 0. The molecule has 1 aromatic rings.